The molecule has 0 spiro atoms. The summed E-state index contributed by atoms with van der Waals surface area (Å²) in [4.78, 5) is 89.9. The number of hydrogen-bond acceptors (Lipinski definition) is 18. The summed E-state index contributed by atoms with van der Waals surface area (Å²) in [7, 11) is 7.48. The molecule has 0 N–H and O–H groups in total. The predicted molar refractivity (Wildman–Crippen MR) is 401 cm³/mol. The third kappa shape index (κ3) is 28.0. The van der Waals surface area contributed by atoms with Crippen molar-refractivity contribution in [1.82, 2.24) is 24.5 Å². The van der Waals surface area contributed by atoms with Crippen molar-refractivity contribution in [3.8, 4) is 48.6 Å². The molecule has 7 rings (SSSR count). The number of barbiturate groups is 1. The number of hydrogen-bond donors (Lipinski definition) is 0. The summed E-state index contributed by atoms with van der Waals surface area (Å²) >= 11 is 11.1. The normalized spacial score (nSPS) is 14.1. The Bertz CT molecular complexity index is 4040. The molecule has 3 saturated heterocycles. The number of carbonyl (C=O) groups is 7. The van der Waals surface area contributed by atoms with Crippen LogP contribution in [-0.4, -0.2) is 111 Å². The van der Waals surface area contributed by atoms with Crippen LogP contribution in [0.5, 0.6) is 0 Å². The van der Waals surface area contributed by atoms with Gasteiger partial charge in [-0.3, -0.25) is 53.3 Å². The lowest BCUT2D eigenvalue weighted by molar-refractivity contribution is -0.135. The first-order valence-corrected chi connectivity index (χ1v) is 32.2. The number of nitriles is 8. The van der Waals surface area contributed by atoms with E-state index in [0.717, 1.165) is 42.6 Å². The van der Waals surface area contributed by atoms with Crippen LogP contribution in [0.15, 0.2) is 170 Å². The Labute approximate surface area is 605 Å². The molecule has 24 heteroatoms. The van der Waals surface area contributed by atoms with Crippen molar-refractivity contribution in [1.29, 1.82) is 42.1 Å². The molecule has 0 unspecified atom stereocenters. The van der Waals surface area contributed by atoms with Crippen LogP contribution in [0.25, 0.3) is 21.6 Å². The molecule has 4 aliphatic rings. The maximum atomic E-state index is 12.3. The molecule has 100 heavy (non-hydrogen) atoms. The highest BCUT2D eigenvalue weighted by Gasteiger charge is 2.38. The van der Waals surface area contributed by atoms with Gasteiger partial charge in [0.1, 0.15) is 39.2 Å². The molecule has 518 valence electrons. The minimum Gasteiger partial charge on any atom is -0.296 e. The summed E-state index contributed by atoms with van der Waals surface area (Å²) in [6.45, 7) is 38.0. The van der Waals surface area contributed by atoms with Gasteiger partial charge < -0.3 is 0 Å². The van der Waals surface area contributed by atoms with Crippen molar-refractivity contribution in [3.63, 3.8) is 0 Å². The van der Waals surface area contributed by atoms with Gasteiger partial charge in [0, 0.05) is 68.7 Å². The number of fused-ring (bicyclic) bond motifs is 1. The Kier molecular flexibility index (Phi) is 48.4. The molecule has 3 aliphatic heterocycles. The highest BCUT2D eigenvalue weighted by atomic mass is 32.2. The third-order valence-electron chi connectivity index (χ3n) is 12.8. The molecular weight excluding hydrogens is 1320 g/mol. The van der Waals surface area contributed by atoms with Gasteiger partial charge in [0.25, 0.3) is 35.2 Å². The number of thiocarbonyl (C=S) groups is 2. The number of ketones is 1. The zero-order valence-corrected chi connectivity index (χ0v) is 63.2. The van der Waals surface area contributed by atoms with E-state index in [-0.39, 0.29) is 51.0 Å². The summed E-state index contributed by atoms with van der Waals surface area (Å²) < 4.78 is 0.637. The van der Waals surface area contributed by atoms with E-state index in [1.807, 2.05) is 166 Å². The number of amides is 7. The topological polar surface area (TPSA) is 330 Å². The van der Waals surface area contributed by atoms with Crippen LogP contribution in [0.2, 0.25) is 0 Å². The van der Waals surface area contributed by atoms with Gasteiger partial charge >= 0.3 is 6.03 Å². The molecule has 0 saturated carbocycles. The molecule has 3 heterocycles. The minimum atomic E-state index is -0.597. The lowest BCUT2D eigenvalue weighted by Gasteiger charge is -2.31. The van der Waals surface area contributed by atoms with Gasteiger partial charge in [-0.2, -0.15) is 36.8 Å². The highest BCUT2D eigenvalue weighted by molar-refractivity contribution is 8.26. The average molecular weight is 1400 g/mol. The van der Waals surface area contributed by atoms with E-state index in [2.05, 4.69) is 10.9 Å². The van der Waals surface area contributed by atoms with Gasteiger partial charge in [-0.25, -0.2) is 14.9 Å². The molecule has 21 nitrogen and oxygen atoms in total. The minimum absolute atomic E-state index is 0.0116. The maximum Gasteiger partial charge on any atom is 0.333 e. The molecule has 0 aromatic heterocycles. The fourth-order valence-electron chi connectivity index (χ4n) is 7.33. The zero-order chi connectivity index (χ0) is 78.3. The largest absolute Gasteiger partial charge is 0.333 e. The van der Waals surface area contributed by atoms with Gasteiger partial charge in [0.05, 0.1) is 53.0 Å². The molecule has 0 radical (unpaired) electrons. The van der Waals surface area contributed by atoms with Crippen LogP contribution < -0.4 is 0 Å². The van der Waals surface area contributed by atoms with Crippen molar-refractivity contribution >= 4 is 104 Å². The summed E-state index contributed by atoms with van der Waals surface area (Å²) in [5, 5.41) is 68.1. The summed E-state index contributed by atoms with van der Waals surface area (Å²) in [5.41, 5.74) is 8.60. The third-order valence-corrected chi connectivity index (χ3v) is 15.0. The van der Waals surface area contributed by atoms with Gasteiger partial charge in [0.15, 0.2) is 10.9 Å². The van der Waals surface area contributed by atoms with Gasteiger partial charge in [0.2, 0.25) is 0 Å². The molecule has 1 aliphatic carbocycles. The second-order valence-electron chi connectivity index (χ2n) is 19.4. The van der Waals surface area contributed by atoms with E-state index in [0.29, 0.717) is 48.9 Å². The number of benzene rings is 3. The smallest absolute Gasteiger partial charge is 0.296 e. The summed E-state index contributed by atoms with van der Waals surface area (Å²) in [5.74, 6) is -1.85. The monoisotopic (exact) mass is 1400 g/mol. The van der Waals surface area contributed by atoms with E-state index in [4.69, 9.17) is 73.1 Å². The second-order valence-corrected chi connectivity index (χ2v) is 21.4. The molecule has 0 atom stereocenters. The first kappa shape index (κ1) is 94.3. The first-order valence-electron chi connectivity index (χ1n) is 30.6. The number of allylic oxidation sites excluding steroid dienone is 15. The molecule has 3 aromatic rings. The van der Waals surface area contributed by atoms with Gasteiger partial charge in [-0.15, -0.1) is 0 Å². The van der Waals surface area contributed by atoms with Gasteiger partial charge in [-0.1, -0.05) is 180 Å². The van der Waals surface area contributed by atoms with Crippen LogP contribution in [0.3, 0.4) is 0 Å². The Morgan fingerprint density at radius 2 is 0.850 bits per heavy atom. The van der Waals surface area contributed by atoms with Crippen molar-refractivity contribution in [2.24, 2.45) is 0 Å². The van der Waals surface area contributed by atoms with Crippen LogP contribution in [0, 0.1) is 97.2 Å². The summed E-state index contributed by atoms with van der Waals surface area (Å²) in [6.07, 6.45) is 6.50. The Hall–Kier alpha value is -12.1. The van der Waals surface area contributed by atoms with E-state index >= 15 is 0 Å². The zero-order valence-electron chi connectivity index (χ0n) is 60.7. The Morgan fingerprint density at radius 3 is 1.13 bits per heavy atom. The maximum absolute atomic E-state index is 12.3. The van der Waals surface area contributed by atoms with E-state index in [1.165, 1.54) is 52.7 Å². The molecular formula is C76H84N14O7S3. The number of likely N-dealkylation sites (N-methyl/N-ethyl adjacent to an activating group) is 5. The Morgan fingerprint density at radius 1 is 0.460 bits per heavy atom. The van der Waals surface area contributed by atoms with E-state index in [1.54, 1.807) is 112 Å². The fourth-order valence-corrected chi connectivity index (χ4v) is 8.60. The number of imide groups is 2. The van der Waals surface area contributed by atoms with Crippen molar-refractivity contribution < 1.29 is 33.6 Å². The first-order chi connectivity index (χ1) is 47.4. The second kappa shape index (κ2) is 51.3. The lowest BCUT2D eigenvalue weighted by Crippen LogP contribution is -2.52. The Balaban J connectivity index is -0.000000527. The van der Waals surface area contributed by atoms with Crippen molar-refractivity contribution in [3.05, 3.63) is 204 Å². The van der Waals surface area contributed by atoms with Crippen LogP contribution in [0.4, 0.5) is 4.79 Å². The van der Waals surface area contributed by atoms with Crippen molar-refractivity contribution in [2.75, 3.05) is 35.2 Å². The van der Waals surface area contributed by atoms with Crippen LogP contribution in [-0.2, 0) is 24.0 Å². The van der Waals surface area contributed by atoms with E-state index in [9.17, 15) is 33.6 Å². The molecule has 0 bridgehead atoms. The molecule has 3 fully saturated rings. The highest BCUT2D eigenvalue weighted by Crippen LogP contribution is 2.40. The fraction of sp³-hybridized carbons (Fsp3) is 0.289. The van der Waals surface area contributed by atoms with Crippen molar-refractivity contribution in [2.45, 2.75) is 118 Å². The summed E-state index contributed by atoms with van der Waals surface area (Å²) in [6, 6.07) is 40.6. The molecule has 7 amide bonds. The SMILES string of the molecule is C/C(C#N)=C(/C)C#N.C/C(C#N)=C(\C#N)c1ccccc1.C/C=C(\C#N)c1ccccc1.C/C=C1\SC(=S)N(C)C1=O.CC.CC.CC.CC(C)=C(C#N)C#N.CC=C1C(=O)N(C)C(=O)N(C)C1=O.CC=C1C(=O)N(C)C(=S)N(C)C1=O.[C-]#[N+]/C(C#N)=C1\C(=C(C)C)C(=O)c2ccccc21. The predicted octanol–water partition coefficient (Wildman–Crippen LogP) is 15.8. The lowest BCUT2D eigenvalue weighted by atomic mass is 10.00. The number of rotatable bonds is 2. The number of thioether (sulfide) groups is 1. The van der Waals surface area contributed by atoms with Gasteiger partial charge in [-0.05, 0) is 111 Å². The van der Waals surface area contributed by atoms with E-state index < -0.39 is 17.8 Å². The van der Waals surface area contributed by atoms with Crippen LogP contribution in [0.1, 0.15) is 145 Å². The number of Topliss-reactive ketones (excluding diaryl/α,β-unsaturated/α-hetero) is 1. The van der Waals surface area contributed by atoms with Crippen LogP contribution >= 0.6 is 36.2 Å². The standard InChI is InChI=1S/C15H10N2O.C11H8N2.C10H9N.C8H10N2O3.C8H10N2O2S.2C6H6N2.C6H7NOS2.3C2H6/c1-9(2)13-14(12(8-16)17-3)10-6-4-5-7-11(10)15(13)18;1-9(7-12)11(8-13)10-5-3-2-4-6-10;1-2-9(8-11)10-6-4-3-5-7-10;2*1-4-5-6(11)9(2)8(13)10(3)7(5)12;1-5(3-7)6(2)4-8;1-5(2)6(3-7)4-8;1-3-4-5(8)7(2)6(9)10-4;3*1-2/h4-7H,1-2H3;2-6H,1H3;2-7H,1H3;2*4H,1-3H3;2*1-2H3;3H,1-2H3;3*1-2H3/b14-12-;11-9-;9-2+;;;6-5+;;4-3-;;;. The number of urea groups is 1. The molecule has 3 aromatic carbocycles. The average Bonchev–Trinajstić information content (AvgIpc) is 1.59. The number of carbonyl (C=O) groups excluding carboxylic acids is 7. The number of nitrogens with zero attached hydrogens (tertiary/aromatic N) is 14. The quantitative estimate of drug-likeness (QED) is 0.0756.